The fourth-order valence-corrected chi connectivity index (χ4v) is 2.31. The van der Waals surface area contributed by atoms with E-state index in [0.717, 1.165) is 17.7 Å². The smallest absolute Gasteiger partial charge is 0.123 e. The third kappa shape index (κ3) is 1.39. The van der Waals surface area contributed by atoms with Gasteiger partial charge < -0.3 is 10.5 Å². The van der Waals surface area contributed by atoms with Gasteiger partial charge in [-0.2, -0.15) is 0 Å². The van der Waals surface area contributed by atoms with Crippen LogP contribution in [0, 0.1) is 0 Å². The summed E-state index contributed by atoms with van der Waals surface area (Å²) < 4.78 is 5.57. The van der Waals surface area contributed by atoms with E-state index in [2.05, 4.69) is 6.07 Å². The van der Waals surface area contributed by atoms with Crippen LogP contribution in [0.1, 0.15) is 12.0 Å². The first-order valence-electron chi connectivity index (χ1n) is 4.81. The van der Waals surface area contributed by atoms with Crippen LogP contribution < -0.4 is 10.5 Å². The van der Waals surface area contributed by atoms with Gasteiger partial charge in [-0.3, -0.25) is 0 Å². The Morgan fingerprint density at radius 3 is 2.93 bits per heavy atom. The second-order valence-corrected chi connectivity index (χ2v) is 3.98. The molecule has 1 aliphatic heterocycles. The number of para-hydroxylation sites is 1. The van der Waals surface area contributed by atoms with Crippen LogP contribution in [-0.4, -0.2) is 19.0 Å². The maximum Gasteiger partial charge on any atom is 0.123 e. The zero-order valence-corrected chi connectivity index (χ0v) is 8.76. The van der Waals surface area contributed by atoms with Gasteiger partial charge in [0.2, 0.25) is 0 Å². The monoisotopic (exact) mass is 211 g/mol. The van der Waals surface area contributed by atoms with Crippen molar-refractivity contribution in [1.29, 1.82) is 0 Å². The van der Waals surface area contributed by atoms with Crippen LogP contribution in [-0.2, 0) is 5.41 Å². The molecule has 1 aromatic rings. The van der Waals surface area contributed by atoms with E-state index in [1.54, 1.807) is 0 Å². The van der Waals surface area contributed by atoms with E-state index in [1.807, 2.05) is 18.2 Å². The van der Waals surface area contributed by atoms with E-state index in [-0.39, 0.29) is 5.41 Å². The molecule has 14 heavy (non-hydrogen) atoms. The summed E-state index contributed by atoms with van der Waals surface area (Å²) in [5.41, 5.74) is 6.89. The Hall–Kier alpha value is -0.730. The molecular formula is C11H14ClNO. The van der Waals surface area contributed by atoms with E-state index in [9.17, 15) is 0 Å². The summed E-state index contributed by atoms with van der Waals surface area (Å²) in [6.07, 6.45) is 0.907. The lowest BCUT2D eigenvalue weighted by atomic mass is 9.78. The van der Waals surface area contributed by atoms with Crippen molar-refractivity contribution < 1.29 is 4.74 Å². The van der Waals surface area contributed by atoms with E-state index < -0.39 is 0 Å². The number of hydrogen-bond donors (Lipinski definition) is 1. The number of rotatable bonds is 2. The predicted octanol–water partition coefficient (Wildman–Crippen LogP) is 1.90. The highest BCUT2D eigenvalue weighted by Gasteiger charge is 2.35. The molecule has 0 fully saturated rings. The maximum atomic E-state index is 6.03. The SMILES string of the molecule is NCC1(CCl)CCOc2ccccc21. The van der Waals surface area contributed by atoms with Gasteiger partial charge in [-0.05, 0) is 12.5 Å². The van der Waals surface area contributed by atoms with Gasteiger partial charge >= 0.3 is 0 Å². The second kappa shape index (κ2) is 3.79. The minimum absolute atomic E-state index is 0.0869. The Morgan fingerprint density at radius 1 is 1.43 bits per heavy atom. The molecule has 0 aromatic heterocycles. The first kappa shape index (κ1) is 9.81. The van der Waals surface area contributed by atoms with Gasteiger partial charge in [-0.25, -0.2) is 0 Å². The molecular weight excluding hydrogens is 198 g/mol. The standard InChI is InChI=1S/C11H14ClNO/c12-7-11(8-13)5-6-14-10-4-2-1-3-9(10)11/h1-4H,5-8,13H2. The number of benzene rings is 1. The number of halogens is 1. The molecule has 1 heterocycles. The summed E-state index contributed by atoms with van der Waals surface area (Å²) in [5, 5.41) is 0. The van der Waals surface area contributed by atoms with Crippen LogP contribution in [0.15, 0.2) is 24.3 Å². The zero-order valence-electron chi connectivity index (χ0n) is 8.00. The summed E-state index contributed by atoms with van der Waals surface area (Å²) >= 11 is 6.03. The maximum absolute atomic E-state index is 6.03. The van der Waals surface area contributed by atoms with Crippen molar-refractivity contribution in [2.24, 2.45) is 5.73 Å². The van der Waals surface area contributed by atoms with Crippen molar-refractivity contribution in [3.63, 3.8) is 0 Å². The van der Waals surface area contributed by atoms with Gasteiger partial charge in [0, 0.05) is 23.4 Å². The van der Waals surface area contributed by atoms with Crippen LogP contribution in [0.2, 0.25) is 0 Å². The van der Waals surface area contributed by atoms with Crippen molar-refractivity contribution in [3.8, 4) is 5.75 Å². The Labute approximate surface area is 89.0 Å². The molecule has 1 unspecified atom stereocenters. The molecule has 0 amide bonds. The fraction of sp³-hybridized carbons (Fsp3) is 0.455. The zero-order chi connectivity index (χ0) is 10.0. The number of alkyl halides is 1. The molecule has 76 valence electrons. The van der Waals surface area contributed by atoms with Crippen molar-refractivity contribution in [3.05, 3.63) is 29.8 Å². The van der Waals surface area contributed by atoms with Crippen LogP contribution in [0.5, 0.6) is 5.75 Å². The third-order valence-corrected chi connectivity index (χ3v) is 3.45. The number of fused-ring (bicyclic) bond motifs is 1. The normalized spacial score (nSPS) is 25.3. The van der Waals surface area contributed by atoms with Crippen LogP contribution >= 0.6 is 11.6 Å². The Balaban J connectivity index is 2.48. The molecule has 1 atom stereocenters. The predicted molar refractivity (Wildman–Crippen MR) is 58.0 cm³/mol. The fourth-order valence-electron chi connectivity index (χ4n) is 1.93. The van der Waals surface area contributed by atoms with E-state index in [1.165, 1.54) is 0 Å². The molecule has 2 nitrogen and oxygen atoms in total. The van der Waals surface area contributed by atoms with Crippen LogP contribution in [0.25, 0.3) is 0 Å². The number of hydrogen-bond acceptors (Lipinski definition) is 2. The summed E-state index contributed by atoms with van der Waals surface area (Å²) in [4.78, 5) is 0. The molecule has 0 aliphatic carbocycles. The largest absolute Gasteiger partial charge is 0.493 e. The minimum atomic E-state index is -0.0869. The molecule has 0 bridgehead atoms. The lowest BCUT2D eigenvalue weighted by molar-refractivity contribution is 0.229. The van der Waals surface area contributed by atoms with Gasteiger partial charge in [0.15, 0.2) is 0 Å². The third-order valence-electron chi connectivity index (χ3n) is 2.94. The van der Waals surface area contributed by atoms with Crippen molar-refractivity contribution >= 4 is 11.6 Å². The van der Waals surface area contributed by atoms with Crippen molar-refractivity contribution in [1.82, 2.24) is 0 Å². The first-order valence-corrected chi connectivity index (χ1v) is 5.34. The van der Waals surface area contributed by atoms with Gasteiger partial charge in [0.1, 0.15) is 5.75 Å². The van der Waals surface area contributed by atoms with Crippen molar-refractivity contribution in [2.45, 2.75) is 11.8 Å². The summed E-state index contributed by atoms with van der Waals surface area (Å²) in [5.74, 6) is 1.49. The molecule has 1 aromatic carbocycles. The van der Waals surface area contributed by atoms with Gasteiger partial charge in [0.25, 0.3) is 0 Å². The highest BCUT2D eigenvalue weighted by atomic mass is 35.5. The molecule has 2 N–H and O–H groups in total. The first-order chi connectivity index (χ1) is 6.82. The quantitative estimate of drug-likeness (QED) is 0.759. The molecule has 0 saturated heterocycles. The molecule has 2 rings (SSSR count). The lowest BCUT2D eigenvalue weighted by Crippen LogP contribution is -2.41. The average Bonchev–Trinajstić information content (AvgIpc) is 2.28. The summed E-state index contributed by atoms with van der Waals surface area (Å²) in [7, 11) is 0. The average molecular weight is 212 g/mol. The van der Waals surface area contributed by atoms with E-state index >= 15 is 0 Å². The number of ether oxygens (including phenoxy) is 1. The Bertz CT molecular complexity index is 323. The summed E-state index contributed by atoms with van der Waals surface area (Å²) in [6, 6.07) is 8.01. The minimum Gasteiger partial charge on any atom is -0.493 e. The number of nitrogens with two attached hydrogens (primary N) is 1. The molecule has 0 spiro atoms. The van der Waals surface area contributed by atoms with E-state index in [4.69, 9.17) is 22.1 Å². The highest BCUT2D eigenvalue weighted by Crippen LogP contribution is 2.38. The summed E-state index contributed by atoms with van der Waals surface area (Å²) in [6.45, 7) is 1.29. The molecule has 0 radical (unpaired) electrons. The van der Waals surface area contributed by atoms with E-state index in [0.29, 0.717) is 19.0 Å². The second-order valence-electron chi connectivity index (χ2n) is 3.71. The van der Waals surface area contributed by atoms with Crippen LogP contribution in [0.3, 0.4) is 0 Å². The Morgan fingerprint density at radius 2 is 2.21 bits per heavy atom. The van der Waals surface area contributed by atoms with Crippen LogP contribution in [0.4, 0.5) is 0 Å². The lowest BCUT2D eigenvalue weighted by Gasteiger charge is -2.36. The molecule has 3 heteroatoms. The van der Waals surface area contributed by atoms with Crippen molar-refractivity contribution in [2.75, 3.05) is 19.0 Å². The topological polar surface area (TPSA) is 35.2 Å². The van der Waals surface area contributed by atoms with Gasteiger partial charge in [-0.1, -0.05) is 18.2 Å². The molecule has 0 saturated carbocycles. The van der Waals surface area contributed by atoms with Gasteiger partial charge in [0.05, 0.1) is 6.61 Å². The molecule has 1 aliphatic rings. The Kier molecular flexibility index (Phi) is 2.66. The van der Waals surface area contributed by atoms with Gasteiger partial charge in [-0.15, -0.1) is 11.6 Å². The highest BCUT2D eigenvalue weighted by molar-refractivity contribution is 6.18.